The van der Waals surface area contributed by atoms with E-state index in [0.717, 1.165) is 16.5 Å². The third-order valence-corrected chi connectivity index (χ3v) is 5.06. The lowest BCUT2D eigenvalue weighted by Crippen LogP contribution is -2.13. The van der Waals surface area contributed by atoms with Crippen molar-refractivity contribution in [1.29, 1.82) is 0 Å². The van der Waals surface area contributed by atoms with Gasteiger partial charge in [0.1, 0.15) is 0 Å². The maximum absolute atomic E-state index is 6.30. The van der Waals surface area contributed by atoms with Gasteiger partial charge in [0, 0.05) is 11.1 Å². The average Bonchev–Trinajstić information content (AvgIpc) is 2.83. The van der Waals surface area contributed by atoms with Crippen LogP contribution in [0.3, 0.4) is 0 Å². The number of fused-ring (bicyclic) bond motifs is 3. The lowest BCUT2D eigenvalue weighted by molar-refractivity contribution is 0.405. The van der Waals surface area contributed by atoms with Crippen LogP contribution in [-0.4, -0.2) is 4.98 Å². The Labute approximate surface area is 126 Å². The Kier molecular flexibility index (Phi) is 4.35. The molecule has 1 aliphatic carbocycles. The van der Waals surface area contributed by atoms with Crippen molar-refractivity contribution in [3.8, 4) is 0 Å². The Hall–Kier alpha value is -0.950. The van der Waals surface area contributed by atoms with Crippen molar-refractivity contribution in [3.63, 3.8) is 0 Å². The van der Waals surface area contributed by atoms with E-state index in [1.807, 2.05) is 6.07 Å². The Bertz CT molecular complexity index is 584. The van der Waals surface area contributed by atoms with Crippen LogP contribution in [0.2, 0.25) is 5.02 Å². The highest BCUT2D eigenvalue weighted by atomic mass is 35.5. The van der Waals surface area contributed by atoms with Gasteiger partial charge in [-0.1, -0.05) is 62.8 Å². The highest BCUT2D eigenvalue weighted by Crippen LogP contribution is 2.35. The third-order valence-electron chi connectivity index (χ3n) is 4.74. The van der Waals surface area contributed by atoms with Gasteiger partial charge < -0.3 is 4.98 Å². The van der Waals surface area contributed by atoms with Gasteiger partial charge in [-0.25, -0.2) is 0 Å². The number of halogens is 1. The van der Waals surface area contributed by atoms with E-state index in [0.29, 0.717) is 0 Å². The maximum atomic E-state index is 6.30. The second-order valence-electron chi connectivity index (χ2n) is 6.20. The molecular formula is C18H24ClN. The summed E-state index contributed by atoms with van der Waals surface area (Å²) in [7, 11) is 0. The molecule has 1 atom stereocenters. The largest absolute Gasteiger partial charge is 0.357 e. The van der Waals surface area contributed by atoms with E-state index >= 15 is 0 Å². The molecule has 0 radical (unpaired) electrons. The van der Waals surface area contributed by atoms with Gasteiger partial charge >= 0.3 is 0 Å². The summed E-state index contributed by atoms with van der Waals surface area (Å²) in [5.41, 5.74) is 4.11. The average molecular weight is 290 g/mol. The van der Waals surface area contributed by atoms with E-state index < -0.39 is 0 Å². The van der Waals surface area contributed by atoms with Crippen molar-refractivity contribution in [1.82, 2.24) is 4.98 Å². The summed E-state index contributed by atoms with van der Waals surface area (Å²) < 4.78 is 0. The lowest BCUT2D eigenvalue weighted by Gasteiger charge is -2.22. The highest BCUT2D eigenvalue weighted by Gasteiger charge is 2.22. The van der Waals surface area contributed by atoms with Crippen LogP contribution < -0.4 is 0 Å². The van der Waals surface area contributed by atoms with Gasteiger partial charge in [0.15, 0.2) is 0 Å². The Morgan fingerprint density at radius 1 is 1.25 bits per heavy atom. The summed E-state index contributed by atoms with van der Waals surface area (Å²) in [6.45, 7) is 2.28. The molecule has 1 aromatic heterocycles. The number of nitrogens with one attached hydrogen (secondary N) is 1. The SMILES string of the molecule is CCCCCCC1CCc2[nH]c3c(Cl)cccc3c2C1. The minimum atomic E-state index is 0.858. The first-order chi connectivity index (χ1) is 9.79. The molecule has 1 N–H and O–H groups in total. The van der Waals surface area contributed by atoms with Crippen molar-refractivity contribution >= 4 is 22.5 Å². The number of benzene rings is 1. The third kappa shape index (κ3) is 2.74. The fraction of sp³-hybridized carbons (Fsp3) is 0.556. The molecule has 0 bridgehead atoms. The number of H-pyrrole nitrogens is 1. The molecule has 1 nitrogen and oxygen atoms in total. The second-order valence-corrected chi connectivity index (χ2v) is 6.61. The van der Waals surface area contributed by atoms with E-state index in [1.54, 1.807) is 0 Å². The summed E-state index contributed by atoms with van der Waals surface area (Å²) in [6.07, 6.45) is 10.7. The molecule has 0 aliphatic heterocycles. The van der Waals surface area contributed by atoms with E-state index in [1.165, 1.54) is 68.0 Å². The number of aryl methyl sites for hydroxylation is 1. The van der Waals surface area contributed by atoms with Crippen LogP contribution in [0, 0.1) is 5.92 Å². The molecule has 108 valence electrons. The molecule has 1 unspecified atom stereocenters. The first-order valence-corrected chi connectivity index (χ1v) is 8.45. The Morgan fingerprint density at radius 3 is 3.00 bits per heavy atom. The van der Waals surface area contributed by atoms with Gasteiger partial charge in [-0.2, -0.15) is 0 Å². The zero-order valence-corrected chi connectivity index (χ0v) is 13.1. The summed E-state index contributed by atoms with van der Waals surface area (Å²) in [5, 5.41) is 2.21. The summed E-state index contributed by atoms with van der Waals surface area (Å²) in [5.74, 6) is 0.873. The van der Waals surface area contributed by atoms with Crippen molar-refractivity contribution < 1.29 is 0 Å². The molecule has 1 aliphatic rings. The minimum absolute atomic E-state index is 0.858. The number of aromatic nitrogens is 1. The molecule has 0 spiro atoms. The fourth-order valence-corrected chi connectivity index (χ4v) is 3.81. The molecule has 0 amide bonds. The number of rotatable bonds is 5. The monoisotopic (exact) mass is 289 g/mol. The van der Waals surface area contributed by atoms with Crippen molar-refractivity contribution in [2.75, 3.05) is 0 Å². The summed E-state index contributed by atoms with van der Waals surface area (Å²) in [4.78, 5) is 3.55. The molecular weight excluding hydrogens is 266 g/mol. The topological polar surface area (TPSA) is 15.8 Å². The first kappa shape index (κ1) is 14.0. The molecule has 1 heterocycles. The highest BCUT2D eigenvalue weighted by molar-refractivity contribution is 6.35. The molecule has 3 rings (SSSR count). The van der Waals surface area contributed by atoms with Crippen LogP contribution in [-0.2, 0) is 12.8 Å². The van der Waals surface area contributed by atoms with E-state index in [2.05, 4.69) is 24.0 Å². The quantitative estimate of drug-likeness (QED) is 0.660. The Morgan fingerprint density at radius 2 is 2.15 bits per heavy atom. The molecule has 2 heteroatoms. The standard InChI is InChI=1S/C18H24ClN/c1-2-3-4-5-7-13-10-11-17-15(12-13)14-8-6-9-16(19)18(14)20-17/h6,8-9,13,20H,2-5,7,10-12H2,1H3. The maximum Gasteiger partial charge on any atom is 0.0648 e. The molecule has 2 aromatic rings. The molecule has 0 saturated carbocycles. The first-order valence-electron chi connectivity index (χ1n) is 8.07. The molecule has 0 saturated heterocycles. The Balaban J connectivity index is 1.74. The number of hydrogen-bond acceptors (Lipinski definition) is 0. The van der Waals surface area contributed by atoms with Gasteiger partial charge in [0.05, 0.1) is 10.5 Å². The van der Waals surface area contributed by atoms with Crippen LogP contribution in [0.25, 0.3) is 10.9 Å². The molecule has 20 heavy (non-hydrogen) atoms. The second kappa shape index (κ2) is 6.22. The van der Waals surface area contributed by atoms with Gasteiger partial charge in [-0.3, -0.25) is 0 Å². The fourth-order valence-electron chi connectivity index (χ4n) is 3.58. The van der Waals surface area contributed by atoms with Crippen LogP contribution in [0.1, 0.15) is 56.7 Å². The van der Waals surface area contributed by atoms with Crippen molar-refractivity contribution in [3.05, 3.63) is 34.5 Å². The van der Waals surface area contributed by atoms with Crippen LogP contribution in [0.4, 0.5) is 0 Å². The number of aromatic amines is 1. The van der Waals surface area contributed by atoms with Gasteiger partial charge in [-0.05, 0) is 36.8 Å². The zero-order valence-electron chi connectivity index (χ0n) is 12.3. The van der Waals surface area contributed by atoms with E-state index in [4.69, 9.17) is 11.6 Å². The smallest absolute Gasteiger partial charge is 0.0648 e. The summed E-state index contributed by atoms with van der Waals surface area (Å²) >= 11 is 6.30. The van der Waals surface area contributed by atoms with Crippen molar-refractivity contribution in [2.45, 2.75) is 58.3 Å². The van der Waals surface area contributed by atoms with Crippen LogP contribution in [0.15, 0.2) is 18.2 Å². The van der Waals surface area contributed by atoms with E-state index in [9.17, 15) is 0 Å². The zero-order chi connectivity index (χ0) is 13.9. The minimum Gasteiger partial charge on any atom is -0.357 e. The lowest BCUT2D eigenvalue weighted by atomic mass is 9.83. The van der Waals surface area contributed by atoms with Crippen molar-refractivity contribution in [2.24, 2.45) is 5.92 Å². The predicted molar refractivity (Wildman–Crippen MR) is 87.6 cm³/mol. The van der Waals surface area contributed by atoms with E-state index in [-0.39, 0.29) is 0 Å². The predicted octanol–water partition coefficient (Wildman–Crippen LogP) is 5.90. The number of unbranched alkanes of at least 4 members (excludes halogenated alkanes) is 3. The van der Waals surface area contributed by atoms with Crippen LogP contribution >= 0.6 is 11.6 Å². The van der Waals surface area contributed by atoms with Gasteiger partial charge in [0.2, 0.25) is 0 Å². The number of para-hydroxylation sites is 1. The number of hydrogen-bond donors (Lipinski definition) is 1. The van der Waals surface area contributed by atoms with Gasteiger partial charge in [-0.15, -0.1) is 0 Å². The molecule has 0 fully saturated rings. The normalized spacial score (nSPS) is 18.4. The molecule has 1 aromatic carbocycles. The summed E-state index contributed by atoms with van der Waals surface area (Å²) in [6, 6.07) is 6.27. The van der Waals surface area contributed by atoms with Gasteiger partial charge in [0.25, 0.3) is 0 Å². The van der Waals surface area contributed by atoms with Crippen LogP contribution in [0.5, 0.6) is 0 Å².